The zero-order chi connectivity index (χ0) is 11.1. The molecule has 0 radical (unpaired) electrons. The Hall–Kier alpha value is -2.08. The fraction of sp³-hybridized carbons (Fsp3) is 0. The van der Waals surface area contributed by atoms with Crippen molar-refractivity contribution in [3.63, 3.8) is 0 Å². The van der Waals surface area contributed by atoms with E-state index in [1.807, 2.05) is 0 Å². The summed E-state index contributed by atoms with van der Waals surface area (Å²) in [5.74, 6) is 0. The molecule has 0 amide bonds. The lowest BCUT2D eigenvalue weighted by molar-refractivity contribution is 1.61. The van der Waals surface area contributed by atoms with Gasteiger partial charge in [-0.1, -0.05) is 49.6 Å². The van der Waals surface area contributed by atoms with Gasteiger partial charge in [-0.2, -0.15) is 0 Å². The van der Waals surface area contributed by atoms with E-state index in [9.17, 15) is 0 Å². The van der Waals surface area contributed by atoms with Crippen molar-refractivity contribution in [3.8, 4) is 0 Å². The second-order valence-electron chi connectivity index (χ2n) is 4.13. The summed E-state index contributed by atoms with van der Waals surface area (Å²) in [4.78, 5) is 0. The van der Waals surface area contributed by atoms with Crippen molar-refractivity contribution in [1.82, 2.24) is 0 Å². The molecule has 16 heavy (non-hydrogen) atoms. The Balaban J connectivity index is 2.65. The average molecular weight is 204 g/mol. The summed E-state index contributed by atoms with van der Waals surface area (Å²) in [5.41, 5.74) is 0. The standard InChI is InChI=1S/C16H12/c1-11-9-14-8-7-13-5-3-4-6-15(13)16(14)10-12(11)2/h3-10H,1-2H2. The van der Waals surface area contributed by atoms with Gasteiger partial charge in [-0.15, -0.1) is 0 Å². The number of benzene rings is 3. The van der Waals surface area contributed by atoms with Crippen LogP contribution in [0.3, 0.4) is 0 Å². The van der Waals surface area contributed by atoms with Crippen molar-refractivity contribution in [2.75, 3.05) is 0 Å². The molecule has 0 saturated carbocycles. The minimum absolute atomic E-state index is 1.00. The number of fused-ring (bicyclic) bond motifs is 3. The molecule has 0 bridgehead atoms. The fourth-order valence-corrected chi connectivity index (χ4v) is 2.15. The largest absolute Gasteiger partial charge is 0.0912 e. The van der Waals surface area contributed by atoms with Gasteiger partial charge in [0.05, 0.1) is 0 Å². The van der Waals surface area contributed by atoms with Gasteiger partial charge < -0.3 is 0 Å². The second-order valence-corrected chi connectivity index (χ2v) is 4.13. The molecule has 76 valence electrons. The van der Waals surface area contributed by atoms with Crippen LogP contribution >= 0.6 is 0 Å². The zero-order valence-corrected chi connectivity index (χ0v) is 9.03. The van der Waals surface area contributed by atoms with Gasteiger partial charge >= 0.3 is 0 Å². The Morgan fingerprint density at radius 3 is 2.19 bits per heavy atom. The van der Waals surface area contributed by atoms with Gasteiger partial charge in [-0.3, -0.25) is 0 Å². The van der Waals surface area contributed by atoms with E-state index in [1.165, 1.54) is 21.5 Å². The summed E-state index contributed by atoms with van der Waals surface area (Å²) in [6.07, 6.45) is 0. The van der Waals surface area contributed by atoms with Crippen molar-refractivity contribution in [2.45, 2.75) is 0 Å². The predicted molar refractivity (Wildman–Crippen MR) is 71.7 cm³/mol. The van der Waals surface area contributed by atoms with Gasteiger partial charge in [0, 0.05) is 0 Å². The first-order valence-electron chi connectivity index (χ1n) is 5.35. The van der Waals surface area contributed by atoms with E-state index < -0.39 is 0 Å². The molecule has 3 aromatic carbocycles. The minimum Gasteiger partial charge on any atom is -0.0912 e. The van der Waals surface area contributed by atoms with E-state index in [0.29, 0.717) is 0 Å². The fourth-order valence-electron chi connectivity index (χ4n) is 2.15. The topological polar surface area (TPSA) is 0 Å². The van der Waals surface area contributed by atoms with E-state index in [1.54, 1.807) is 0 Å². The van der Waals surface area contributed by atoms with E-state index in [4.69, 9.17) is 0 Å². The van der Waals surface area contributed by atoms with E-state index in [-0.39, 0.29) is 0 Å². The Morgan fingerprint density at radius 1 is 0.625 bits per heavy atom. The molecule has 0 unspecified atom stereocenters. The van der Waals surface area contributed by atoms with Crippen molar-refractivity contribution in [2.24, 2.45) is 0 Å². The smallest absolute Gasteiger partial charge is 0.00992 e. The molecule has 0 aliphatic rings. The van der Waals surface area contributed by atoms with Crippen LogP contribution in [-0.2, 0) is 0 Å². The zero-order valence-electron chi connectivity index (χ0n) is 9.03. The van der Waals surface area contributed by atoms with Crippen molar-refractivity contribution < 1.29 is 0 Å². The lowest BCUT2D eigenvalue weighted by atomic mass is 10.0. The van der Waals surface area contributed by atoms with Crippen LogP contribution in [0, 0.1) is 0 Å². The highest BCUT2D eigenvalue weighted by atomic mass is 14.0. The Morgan fingerprint density at radius 2 is 1.31 bits per heavy atom. The molecule has 0 aliphatic carbocycles. The van der Waals surface area contributed by atoms with E-state index in [0.717, 1.165) is 10.4 Å². The summed E-state index contributed by atoms with van der Waals surface area (Å²) in [5, 5.41) is 7.05. The first-order chi connectivity index (χ1) is 7.75. The summed E-state index contributed by atoms with van der Waals surface area (Å²) in [6.45, 7) is 8.00. The molecule has 0 aliphatic heterocycles. The molecule has 0 aromatic heterocycles. The lowest BCUT2D eigenvalue weighted by Crippen LogP contribution is -2.20. The molecule has 0 heteroatoms. The highest BCUT2D eigenvalue weighted by Gasteiger charge is 1.99. The predicted octanol–water partition coefficient (Wildman–Crippen LogP) is 2.81. The quantitative estimate of drug-likeness (QED) is 0.494. The average Bonchev–Trinajstić information content (AvgIpc) is 2.31. The van der Waals surface area contributed by atoms with Gasteiger partial charge in [0.2, 0.25) is 0 Å². The molecule has 0 spiro atoms. The molecule has 0 heterocycles. The maximum Gasteiger partial charge on any atom is -0.00992 e. The van der Waals surface area contributed by atoms with Crippen LogP contribution in [0.5, 0.6) is 0 Å². The third-order valence-electron chi connectivity index (χ3n) is 3.07. The van der Waals surface area contributed by atoms with Gasteiger partial charge in [0.1, 0.15) is 0 Å². The summed E-state index contributed by atoms with van der Waals surface area (Å²) in [6, 6.07) is 16.9. The Bertz CT molecular complexity index is 782. The van der Waals surface area contributed by atoms with Gasteiger partial charge in [0.25, 0.3) is 0 Å². The first-order valence-corrected chi connectivity index (χ1v) is 5.35. The number of hydrogen-bond donors (Lipinski definition) is 0. The molecule has 3 aromatic rings. The molecule has 0 atom stereocenters. The maximum absolute atomic E-state index is 4.01. The normalized spacial score (nSPS) is 11.0. The molecule has 0 N–H and O–H groups in total. The van der Waals surface area contributed by atoms with Crippen molar-refractivity contribution in [1.29, 1.82) is 0 Å². The molecule has 0 fully saturated rings. The van der Waals surface area contributed by atoms with E-state index in [2.05, 4.69) is 61.7 Å². The number of hydrogen-bond acceptors (Lipinski definition) is 0. The van der Waals surface area contributed by atoms with Gasteiger partial charge in [-0.25, -0.2) is 0 Å². The monoisotopic (exact) mass is 204 g/mol. The van der Waals surface area contributed by atoms with Crippen LogP contribution in [0.15, 0.2) is 48.5 Å². The maximum atomic E-state index is 4.01. The summed E-state index contributed by atoms with van der Waals surface area (Å²) >= 11 is 0. The highest BCUT2D eigenvalue weighted by molar-refractivity contribution is 6.07. The SMILES string of the molecule is C=c1cc2ccc3ccccc3c2cc1=C. The van der Waals surface area contributed by atoms with Crippen LogP contribution in [0.2, 0.25) is 0 Å². The molecule has 3 rings (SSSR count). The summed E-state index contributed by atoms with van der Waals surface area (Å²) in [7, 11) is 0. The Labute approximate surface area is 94.1 Å². The molecular formula is C16H12. The Kier molecular flexibility index (Phi) is 1.84. The van der Waals surface area contributed by atoms with Crippen LogP contribution < -0.4 is 10.4 Å². The van der Waals surface area contributed by atoms with Crippen molar-refractivity contribution >= 4 is 34.7 Å². The molecular weight excluding hydrogens is 192 g/mol. The van der Waals surface area contributed by atoms with Gasteiger partial charge in [0.15, 0.2) is 0 Å². The first kappa shape index (κ1) is 9.17. The molecule has 0 saturated heterocycles. The van der Waals surface area contributed by atoms with Crippen LogP contribution in [-0.4, -0.2) is 0 Å². The third kappa shape index (κ3) is 1.24. The van der Waals surface area contributed by atoms with Crippen LogP contribution in [0.1, 0.15) is 0 Å². The van der Waals surface area contributed by atoms with E-state index >= 15 is 0 Å². The van der Waals surface area contributed by atoms with Crippen LogP contribution in [0.25, 0.3) is 34.7 Å². The summed E-state index contributed by atoms with van der Waals surface area (Å²) < 4.78 is 0. The highest BCUT2D eigenvalue weighted by Crippen LogP contribution is 2.22. The minimum atomic E-state index is 1.00. The molecule has 0 nitrogen and oxygen atoms in total. The van der Waals surface area contributed by atoms with Gasteiger partial charge in [-0.05, 0) is 44.1 Å². The van der Waals surface area contributed by atoms with Crippen molar-refractivity contribution in [3.05, 3.63) is 59.0 Å². The third-order valence-corrected chi connectivity index (χ3v) is 3.07. The lowest BCUT2D eigenvalue weighted by Gasteiger charge is -2.03. The number of rotatable bonds is 0. The van der Waals surface area contributed by atoms with Crippen LogP contribution in [0.4, 0.5) is 0 Å². The second kappa shape index (κ2) is 3.21.